The van der Waals surface area contributed by atoms with Gasteiger partial charge in [0.1, 0.15) is 12.0 Å². The van der Waals surface area contributed by atoms with E-state index in [-0.39, 0.29) is 23.8 Å². The van der Waals surface area contributed by atoms with E-state index in [0.29, 0.717) is 18.8 Å². The van der Waals surface area contributed by atoms with Crippen molar-refractivity contribution in [3.8, 4) is 5.75 Å². The van der Waals surface area contributed by atoms with Gasteiger partial charge >= 0.3 is 0 Å². The third-order valence-corrected chi connectivity index (χ3v) is 5.62. The summed E-state index contributed by atoms with van der Waals surface area (Å²) in [6.45, 7) is 0.745. The van der Waals surface area contributed by atoms with Crippen LogP contribution in [0.25, 0.3) is 0 Å². The van der Waals surface area contributed by atoms with E-state index < -0.39 is 11.9 Å². The van der Waals surface area contributed by atoms with Crippen molar-refractivity contribution in [3.05, 3.63) is 93.6 Å². The van der Waals surface area contributed by atoms with Gasteiger partial charge in [0.15, 0.2) is 6.61 Å². The topological polar surface area (TPSA) is 87.7 Å². The molecular weight excluding hydrogens is 545 g/mol. The zero-order valence-electron chi connectivity index (χ0n) is 18.7. The number of para-hydroxylation sites is 1. The first-order chi connectivity index (χ1) is 16.4. The molecule has 0 saturated carbocycles. The van der Waals surface area contributed by atoms with Gasteiger partial charge in [-0.25, -0.2) is 0 Å². The molecule has 3 aromatic rings. The largest absolute Gasteiger partial charge is 0.483 e. The summed E-state index contributed by atoms with van der Waals surface area (Å²) in [4.78, 5) is 38.7. The van der Waals surface area contributed by atoms with Gasteiger partial charge in [0.2, 0.25) is 0 Å². The number of amides is 2. The molecule has 0 heterocycles. The second kappa shape index (κ2) is 12.9. The molecule has 0 radical (unpaired) electrons. The lowest BCUT2D eigenvalue weighted by Crippen LogP contribution is -2.43. The number of hydrogen-bond donors (Lipinski definition) is 2. The van der Waals surface area contributed by atoms with Crippen molar-refractivity contribution in [2.24, 2.45) is 0 Å². The summed E-state index contributed by atoms with van der Waals surface area (Å²) in [5.41, 5.74) is 2.03. The summed E-state index contributed by atoms with van der Waals surface area (Å²) < 4.78 is 6.68. The van der Waals surface area contributed by atoms with E-state index in [4.69, 9.17) is 4.74 Å². The molecule has 0 aliphatic rings. The fraction of sp³-hybridized carbons (Fsp3) is 0.192. The maximum absolute atomic E-state index is 12.9. The molecule has 8 heteroatoms. The van der Waals surface area contributed by atoms with Crippen LogP contribution in [0.15, 0.2) is 78.9 Å². The molecule has 0 fully saturated rings. The first kappa shape index (κ1) is 25.4. The summed E-state index contributed by atoms with van der Waals surface area (Å²) >= 11 is 2.19. The van der Waals surface area contributed by atoms with Crippen LogP contribution in [0.1, 0.15) is 15.9 Å². The number of aldehydes is 1. The highest BCUT2D eigenvalue weighted by molar-refractivity contribution is 14.1. The highest BCUT2D eigenvalue weighted by atomic mass is 127. The number of ether oxygens (including phenoxy) is 1. The van der Waals surface area contributed by atoms with Gasteiger partial charge in [-0.3, -0.25) is 14.5 Å². The van der Waals surface area contributed by atoms with Crippen molar-refractivity contribution in [2.75, 3.05) is 25.5 Å². The van der Waals surface area contributed by atoms with Crippen LogP contribution in [0.5, 0.6) is 5.75 Å². The van der Waals surface area contributed by atoms with Gasteiger partial charge in [0, 0.05) is 22.3 Å². The Balaban J connectivity index is 1.56. The molecule has 2 N–H and O–H groups in total. The lowest BCUT2D eigenvalue weighted by atomic mass is 10.1. The van der Waals surface area contributed by atoms with Gasteiger partial charge in [-0.15, -0.1) is 0 Å². The average Bonchev–Trinajstić information content (AvgIpc) is 2.84. The SMILES string of the molecule is CN(Cc1ccccc1)C[C@H](C=O)NC(=O)c1ccccc1OCC(=O)Nc1ccc(I)cc1. The first-order valence-corrected chi connectivity index (χ1v) is 11.8. The molecule has 0 bridgehead atoms. The van der Waals surface area contributed by atoms with Crippen molar-refractivity contribution in [1.82, 2.24) is 10.2 Å². The minimum absolute atomic E-state index is 0.252. The number of hydrogen-bond acceptors (Lipinski definition) is 5. The smallest absolute Gasteiger partial charge is 0.262 e. The number of benzene rings is 3. The predicted molar refractivity (Wildman–Crippen MR) is 140 cm³/mol. The van der Waals surface area contributed by atoms with Crippen molar-refractivity contribution in [3.63, 3.8) is 0 Å². The van der Waals surface area contributed by atoms with Crippen LogP contribution in [0, 0.1) is 3.57 Å². The summed E-state index contributed by atoms with van der Waals surface area (Å²) in [6, 6.07) is 23.2. The molecule has 3 aromatic carbocycles. The highest BCUT2D eigenvalue weighted by Gasteiger charge is 2.18. The molecule has 0 spiro atoms. The van der Waals surface area contributed by atoms with Crippen molar-refractivity contribution in [2.45, 2.75) is 12.6 Å². The molecule has 3 rings (SSSR count). The number of carbonyl (C=O) groups is 3. The fourth-order valence-corrected chi connectivity index (χ4v) is 3.68. The van der Waals surface area contributed by atoms with E-state index >= 15 is 0 Å². The molecule has 7 nitrogen and oxygen atoms in total. The second-order valence-electron chi connectivity index (χ2n) is 7.74. The lowest BCUT2D eigenvalue weighted by molar-refractivity contribution is -0.118. The number of halogens is 1. The van der Waals surface area contributed by atoms with Gasteiger partial charge < -0.3 is 20.2 Å². The molecule has 0 aromatic heterocycles. The summed E-state index contributed by atoms with van der Waals surface area (Å²) in [6.07, 6.45) is 0.720. The van der Waals surface area contributed by atoms with Gasteiger partial charge in [0.05, 0.1) is 11.6 Å². The molecule has 34 heavy (non-hydrogen) atoms. The number of anilines is 1. The molecular formula is C26H26IN3O4. The molecule has 1 atom stereocenters. The Morgan fingerprint density at radius 2 is 1.68 bits per heavy atom. The normalized spacial score (nSPS) is 11.5. The van der Waals surface area contributed by atoms with Gasteiger partial charge in [-0.2, -0.15) is 0 Å². The van der Waals surface area contributed by atoms with Gasteiger partial charge in [-0.1, -0.05) is 42.5 Å². The maximum atomic E-state index is 12.9. The number of nitrogens with one attached hydrogen (secondary N) is 2. The second-order valence-corrected chi connectivity index (χ2v) is 8.98. The Labute approximate surface area is 212 Å². The lowest BCUT2D eigenvalue weighted by Gasteiger charge is -2.22. The Bertz CT molecular complexity index is 1110. The van der Waals surface area contributed by atoms with Crippen molar-refractivity contribution in [1.29, 1.82) is 0 Å². The summed E-state index contributed by atoms with van der Waals surface area (Å²) in [7, 11) is 1.89. The van der Waals surface area contributed by atoms with Crippen molar-refractivity contribution >= 4 is 46.4 Å². The van der Waals surface area contributed by atoms with E-state index in [2.05, 4.69) is 33.2 Å². The zero-order valence-corrected chi connectivity index (χ0v) is 20.9. The molecule has 0 unspecified atom stereocenters. The third kappa shape index (κ3) is 7.96. The highest BCUT2D eigenvalue weighted by Crippen LogP contribution is 2.18. The van der Waals surface area contributed by atoms with Crippen LogP contribution in [0.4, 0.5) is 5.69 Å². The monoisotopic (exact) mass is 571 g/mol. The van der Waals surface area contributed by atoms with E-state index in [9.17, 15) is 14.4 Å². The molecule has 0 aliphatic heterocycles. The quantitative estimate of drug-likeness (QED) is 0.271. The summed E-state index contributed by atoms with van der Waals surface area (Å²) in [5, 5.41) is 5.49. The van der Waals surface area contributed by atoms with E-state index in [1.807, 2.05) is 54.4 Å². The molecule has 0 saturated heterocycles. The minimum Gasteiger partial charge on any atom is -0.483 e. The summed E-state index contributed by atoms with van der Waals surface area (Å²) in [5.74, 6) is -0.524. The minimum atomic E-state index is -0.696. The first-order valence-electron chi connectivity index (χ1n) is 10.7. The molecule has 2 amide bonds. The standard InChI is InChI=1S/C26H26IN3O4/c1-30(15-19-7-3-2-4-8-19)16-22(17-31)29-26(33)23-9-5-6-10-24(23)34-18-25(32)28-21-13-11-20(27)12-14-21/h2-14,17,22H,15-16,18H2,1H3,(H,28,32)(H,29,33)/t22-/m1/s1. The van der Waals surface area contributed by atoms with E-state index in [1.165, 1.54) is 0 Å². The van der Waals surface area contributed by atoms with E-state index in [0.717, 1.165) is 15.4 Å². The Hall–Kier alpha value is -3.24. The van der Waals surface area contributed by atoms with Crippen LogP contribution in [-0.4, -0.2) is 49.2 Å². The zero-order chi connectivity index (χ0) is 24.3. The van der Waals surface area contributed by atoms with Crippen molar-refractivity contribution < 1.29 is 19.1 Å². The van der Waals surface area contributed by atoms with Crippen LogP contribution < -0.4 is 15.4 Å². The number of nitrogens with zero attached hydrogens (tertiary/aromatic N) is 1. The Morgan fingerprint density at radius 1 is 1.00 bits per heavy atom. The average molecular weight is 571 g/mol. The fourth-order valence-electron chi connectivity index (χ4n) is 3.32. The Kier molecular flexibility index (Phi) is 9.60. The van der Waals surface area contributed by atoms with Crippen LogP contribution in [0.3, 0.4) is 0 Å². The van der Waals surface area contributed by atoms with Gasteiger partial charge in [0.25, 0.3) is 11.8 Å². The maximum Gasteiger partial charge on any atom is 0.262 e. The number of carbonyl (C=O) groups excluding carboxylic acids is 3. The Morgan fingerprint density at radius 3 is 2.38 bits per heavy atom. The van der Waals surface area contributed by atoms with E-state index in [1.54, 1.807) is 36.4 Å². The number of likely N-dealkylation sites (N-methyl/N-ethyl adjacent to an activating group) is 1. The molecule has 176 valence electrons. The third-order valence-electron chi connectivity index (χ3n) is 4.90. The van der Waals surface area contributed by atoms with Crippen LogP contribution >= 0.6 is 22.6 Å². The predicted octanol–water partition coefficient (Wildman–Crippen LogP) is 3.74. The molecule has 0 aliphatic carbocycles. The van der Waals surface area contributed by atoms with Crippen LogP contribution in [-0.2, 0) is 16.1 Å². The number of rotatable bonds is 11. The van der Waals surface area contributed by atoms with Gasteiger partial charge in [-0.05, 0) is 71.6 Å². The van der Waals surface area contributed by atoms with Crippen LogP contribution in [0.2, 0.25) is 0 Å².